The third kappa shape index (κ3) is 9.12. The minimum absolute atomic E-state index is 0.0944. The number of terminal acetylenes is 1. The molecule has 0 aliphatic carbocycles. The van der Waals surface area contributed by atoms with E-state index in [-0.39, 0.29) is 24.4 Å². The molecule has 31 heavy (non-hydrogen) atoms. The number of benzene rings is 1. The van der Waals surface area contributed by atoms with Crippen molar-refractivity contribution >= 4 is 17.9 Å². The van der Waals surface area contributed by atoms with Crippen LogP contribution in [0, 0.1) is 12.3 Å². The summed E-state index contributed by atoms with van der Waals surface area (Å²) < 4.78 is 5.20. The summed E-state index contributed by atoms with van der Waals surface area (Å²) in [6.07, 6.45) is 6.32. The number of hydrogen-bond donors (Lipinski definition) is 2. The highest BCUT2D eigenvalue weighted by molar-refractivity contribution is 5.90. The normalized spacial score (nSPS) is 11.9. The van der Waals surface area contributed by atoms with E-state index in [4.69, 9.17) is 11.2 Å². The van der Waals surface area contributed by atoms with Crippen molar-refractivity contribution in [3.05, 3.63) is 35.4 Å². The lowest BCUT2D eigenvalue weighted by molar-refractivity contribution is -0.140. The Labute approximate surface area is 185 Å². The molecule has 0 bridgehead atoms. The molecule has 0 saturated carbocycles. The monoisotopic (exact) mass is 429 g/mol. The van der Waals surface area contributed by atoms with Crippen LogP contribution in [0.15, 0.2) is 24.3 Å². The van der Waals surface area contributed by atoms with Crippen molar-refractivity contribution in [2.75, 3.05) is 13.1 Å². The maximum Gasteiger partial charge on any atom is 0.408 e. The van der Waals surface area contributed by atoms with E-state index in [2.05, 4.69) is 16.6 Å². The maximum absolute atomic E-state index is 13.1. The predicted octanol–water partition coefficient (Wildman–Crippen LogP) is 3.39. The van der Waals surface area contributed by atoms with Crippen LogP contribution in [0.4, 0.5) is 4.79 Å². The molecule has 1 aromatic rings. The minimum Gasteiger partial charge on any atom is -0.444 e. The molecule has 2 N–H and O–H groups in total. The number of unbranched alkanes of at least 4 members (excludes halogenated alkanes) is 1. The van der Waals surface area contributed by atoms with E-state index in [1.54, 1.807) is 45.0 Å². The van der Waals surface area contributed by atoms with Gasteiger partial charge in [-0.2, -0.15) is 0 Å². The summed E-state index contributed by atoms with van der Waals surface area (Å²) in [5, 5.41) is 5.38. The van der Waals surface area contributed by atoms with Gasteiger partial charge in [0.1, 0.15) is 18.2 Å². The van der Waals surface area contributed by atoms with Gasteiger partial charge in [-0.05, 0) is 58.7 Å². The van der Waals surface area contributed by atoms with Gasteiger partial charge in [-0.15, -0.1) is 6.42 Å². The van der Waals surface area contributed by atoms with Crippen LogP contribution in [0.2, 0.25) is 0 Å². The van der Waals surface area contributed by atoms with Gasteiger partial charge in [-0.1, -0.05) is 31.4 Å². The van der Waals surface area contributed by atoms with E-state index in [1.165, 1.54) is 4.90 Å². The summed E-state index contributed by atoms with van der Waals surface area (Å²) in [7, 11) is 0. The molecule has 1 rings (SSSR count). The zero-order valence-corrected chi connectivity index (χ0v) is 19.5. The molecule has 7 heteroatoms. The Balaban J connectivity index is 3.17. The van der Waals surface area contributed by atoms with Crippen LogP contribution in [-0.2, 0) is 14.3 Å². The molecule has 0 aromatic heterocycles. The van der Waals surface area contributed by atoms with Gasteiger partial charge in [-0.25, -0.2) is 4.79 Å². The molecule has 1 unspecified atom stereocenters. The second kappa shape index (κ2) is 12.0. The quantitative estimate of drug-likeness (QED) is 0.589. The average Bonchev–Trinajstić information content (AvgIpc) is 2.67. The number of nitrogens with zero attached hydrogens (tertiary/aromatic N) is 1. The van der Waals surface area contributed by atoms with Crippen molar-refractivity contribution < 1.29 is 19.1 Å². The van der Waals surface area contributed by atoms with Crippen molar-refractivity contribution in [3.8, 4) is 12.3 Å². The zero-order chi connectivity index (χ0) is 23.6. The Hall–Kier alpha value is -3.01. The summed E-state index contributed by atoms with van der Waals surface area (Å²) in [6, 6.07) is 6.07. The maximum atomic E-state index is 13.1. The zero-order valence-electron chi connectivity index (χ0n) is 19.5. The molecular formula is C24H35N3O4. The molecule has 0 aliphatic rings. The van der Waals surface area contributed by atoms with Crippen LogP contribution in [0.25, 0.3) is 0 Å². The van der Waals surface area contributed by atoms with Crippen LogP contribution < -0.4 is 10.6 Å². The topological polar surface area (TPSA) is 87.7 Å². The Morgan fingerprint density at radius 1 is 1.16 bits per heavy atom. The average molecular weight is 430 g/mol. The van der Waals surface area contributed by atoms with Crippen molar-refractivity contribution in [3.63, 3.8) is 0 Å². The van der Waals surface area contributed by atoms with E-state index in [9.17, 15) is 14.4 Å². The Morgan fingerprint density at radius 2 is 1.77 bits per heavy atom. The fraction of sp³-hybridized carbons (Fsp3) is 0.542. The number of nitrogens with one attached hydrogen (secondary N) is 2. The molecule has 0 spiro atoms. The molecule has 3 amide bonds. The first-order chi connectivity index (χ1) is 14.5. The number of carbonyl (C=O) groups is 3. The Bertz CT molecular complexity index is 789. The fourth-order valence-electron chi connectivity index (χ4n) is 2.89. The summed E-state index contributed by atoms with van der Waals surface area (Å²) in [5.74, 6) is 1.89. The molecule has 1 aromatic carbocycles. The number of alkyl carbamates (subject to hydrolysis) is 1. The predicted molar refractivity (Wildman–Crippen MR) is 121 cm³/mol. The summed E-state index contributed by atoms with van der Waals surface area (Å²) in [4.78, 5) is 39.7. The smallest absolute Gasteiger partial charge is 0.408 e. The van der Waals surface area contributed by atoms with Gasteiger partial charge in [0.15, 0.2) is 0 Å². The molecule has 0 aliphatic heterocycles. The first-order valence-corrected chi connectivity index (χ1v) is 10.6. The lowest BCUT2D eigenvalue weighted by Crippen LogP contribution is -2.49. The van der Waals surface area contributed by atoms with Crippen LogP contribution in [0.1, 0.15) is 71.6 Å². The van der Waals surface area contributed by atoms with Gasteiger partial charge in [0.25, 0.3) is 0 Å². The lowest BCUT2D eigenvalue weighted by Gasteiger charge is -2.32. The first-order valence-electron chi connectivity index (χ1n) is 10.6. The minimum atomic E-state index is -0.839. The number of rotatable bonds is 9. The lowest BCUT2D eigenvalue weighted by atomic mass is 10.0. The third-order valence-corrected chi connectivity index (χ3v) is 4.24. The van der Waals surface area contributed by atoms with Crippen LogP contribution in [0.3, 0.4) is 0 Å². The molecule has 0 fully saturated rings. The third-order valence-electron chi connectivity index (χ3n) is 4.24. The van der Waals surface area contributed by atoms with Crippen LogP contribution in [-0.4, -0.2) is 47.5 Å². The van der Waals surface area contributed by atoms with Crippen LogP contribution >= 0.6 is 0 Å². The summed E-state index contributed by atoms with van der Waals surface area (Å²) in [5.41, 5.74) is 0.664. The van der Waals surface area contributed by atoms with Crippen molar-refractivity contribution in [2.45, 2.75) is 72.1 Å². The van der Waals surface area contributed by atoms with Crippen molar-refractivity contribution in [1.82, 2.24) is 15.5 Å². The largest absolute Gasteiger partial charge is 0.444 e. The number of amides is 3. The second-order valence-corrected chi connectivity index (χ2v) is 8.63. The molecule has 1 atom stereocenters. The van der Waals surface area contributed by atoms with E-state index in [1.807, 2.05) is 20.8 Å². The Kier molecular flexibility index (Phi) is 10.1. The van der Waals surface area contributed by atoms with E-state index in [0.29, 0.717) is 24.1 Å². The number of carbonyl (C=O) groups excluding carboxylic acids is 3. The first kappa shape index (κ1) is 26.0. The highest BCUT2D eigenvalue weighted by Crippen LogP contribution is 2.23. The molecule has 0 saturated heterocycles. The van der Waals surface area contributed by atoms with Crippen molar-refractivity contribution in [1.29, 1.82) is 0 Å². The Morgan fingerprint density at radius 3 is 2.26 bits per heavy atom. The molecule has 0 radical (unpaired) electrons. The molecular weight excluding hydrogens is 394 g/mol. The van der Waals surface area contributed by atoms with Gasteiger partial charge in [0.2, 0.25) is 11.8 Å². The molecule has 170 valence electrons. The van der Waals surface area contributed by atoms with E-state index >= 15 is 0 Å². The number of ether oxygens (including phenoxy) is 1. The van der Waals surface area contributed by atoms with Gasteiger partial charge in [0.05, 0.1) is 0 Å². The van der Waals surface area contributed by atoms with Gasteiger partial charge >= 0.3 is 6.09 Å². The number of hydrogen-bond acceptors (Lipinski definition) is 4. The second-order valence-electron chi connectivity index (χ2n) is 8.63. The molecule has 7 nitrogen and oxygen atoms in total. The summed E-state index contributed by atoms with van der Waals surface area (Å²) >= 11 is 0. The van der Waals surface area contributed by atoms with E-state index in [0.717, 1.165) is 6.42 Å². The van der Waals surface area contributed by atoms with Crippen LogP contribution in [0.5, 0.6) is 0 Å². The highest BCUT2D eigenvalue weighted by atomic mass is 16.6. The van der Waals surface area contributed by atoms with E-state index < -0.39 is 17.7 Å². The standard InChI is InChI=1S/C24H35N3O4/c1-8-10-15-27(20(28)16-25-23(30)31-24(5,6)7)21(22(29)26-17(3)4)19-13-11-18(9-2)12-14-19/h2,11-14,17,21H,8,10,15-16H2,1,3-7H3,(H,25,30)(H,26,29). The van der Waals surface area contributed by atoms with Gasteiger partial charge < -0.3 is 20.3 Å². The van der Waals surface area contributed by atoms with Crippen molar-refractivity contribution in [2.24, 2.45) is 0 Å². The fourth-order valence-corrected chi connectivity index (χ4v) is 2.89. The molecule has 0 heterocycles. The highest BCUT2D eigenvalue weighted by Gasteiger charge is 2.31. The van der Waals surface area contributed by atoms with Gasteiger partial charge in [0, 0.05) is 18.2 Å². The SMILES string of the molecule is C#Cc1ccc(C(C(=O)NC(C)C)N(CCCC)C(=O)CNC(=O)OC(C)(C)C)cc1. The van der Waals surface area contributed by atoms with Gasteiger partial charge in [-0.3, -0.25) is 9.59 Å². The summed E-state index contributed by atoms with van der Waals surface area (Å²) in [6.45, 7) is 11.1.